The number of hydrogen-bond acceptors (Lipinski definition) is 2. The highest BCUT2D eigenvalue weighted by atomic mass is 15.1. The van der Waals surface area contributed by atoms with Gasteiger partial charge in [-0.2, -0.15) is 0 Å². The smallest absolute Gasteiger partial charge is 0.0400 e. The zero-order valence-corrected chi connectivity index (χ0v) is 9.17. The highest BCUT2D eigenvalue weighted by molar-refractivity contribution is 5.60. The van der Waals surface area contributed by atoms with Crippen molar-refractivity contribution in [1.82, 2.24) is 5.32 Å². The van der Waals surface area contributed by atoms with Crippen LogP contribution in [0, 0.1) is 6.92 Å². The predicted octanol–water partition coefficient (Wildman–Crippen LogP) is 1.75. The molecule has 1 aliphatic rings. The number of fused-ring (bicyclic) bond motifs is 1. The first-order valence-electron chi connectivity index (χ1n) is 5.18. The Balaban J connectivity index is 2.35. The summed E-state index contributed by atoms with van der Waals surface area (Å²) in [4.78, 5) is 2.34. The molecule has 1 aromatic carbocycles. The summed E-state index contributed by atoms with van der Waals surface area (Å²) in [6.45, 7) is 4.37. The van der Waals surface area contributed by atoms with E-state index in [0.29, 0.717) is 5.92 Å². The molecule has 0 radical (unpaired) electrons. The third-order valence-electron chi connectivity index (χ3n) is 2.98. The van der Waals surface area contributed by atoms with Crippen LogP contribution in [0.2, 0.25) is 0 Å². The molecule has 1 aromatic rings. The van der Waals surface area contributed by atoms with Crippen LogP contribution in [0.15, 0.2) is 18.2 Å². The highest BCUT2D eigenvalue weighted by Crippen LogP contribution is 2.35. The van der Waals surface area contributed by atoms with Crippen molar-refractivity contribution in [1.29, 1.82) is 0 Å². The van der Waals surface area contributed by atoms with E-state index in [1.165, 1.54) is 16.8 Å². The Labute approximate surface area is 85.9 Å². The van der Waals surface area contributed by atoms with Crippen LogP contribution >= 0.6 is 0 Å². The number of rotatable bonds is 2. The molecule has 76 valence electrons. The second-order valence-electron chi connectivity index (χ2n) is 4.20. The van der Waals surface area contributed by atoms with Gasteiger partial charge in [0.2, 0.25) is 0 Å². The van der Waals surface area contributed by atoms with Gasteiger partial charge in [0.15, 0.2) is 0 Å². The van der Waals surface area contributed by atoms with Gasteiger partial charge in [-0.15, -0.1) is 0 Å². The van der Waals surface area contributed by atoms with Crippen LogP contribution in [0.5, 0.6) is 0 Å². The van der Waals surface area contributed by atoms with E-state index in [4.69, 9.17) is 0 Å². The van der Waals surface area contributed by atoms with Crippen molar-refractivity contribution in [3.8, 4) is 0 Å². The summed E-state index contributed by atoms with van der Waals surface area (Å²) in [6, 6.07) is 6.75. The number of anilines is 1. The van der Waals surface area contributed by atoms with Crippen molar-refractivity contribution in [2.24, 2.45) is 0 Å². The summed E-state index contributed by atoms with van der Waals surface area (Å²) in [5.41, 5.74) is 4.26. The van der Waals surface area contributed by atoms with Gasteiger partial charge in [0.25, 0.3) is 0 Å². The lowest BCUT2D eigenvalue weighted by molar-refractivity contribution is 0.654. The zero-order chi connectivity index (χ0) is 10.1. The summed E-state index contributed by atoms with van der Waals surface area (Å²) in [6.07, 6.45) is 0. The minimum atomic E-state index is 0.653. The van der Waals surface area contributed by atoms with Crippen LogP contribution < -0.4 is 10.2 Å². The summed E-state index contributed by atoms with van der Waals surface area (Å²) >= 11 is 0. The Bertz CT molecular complexity index is 333. The molecule has 1 atom stereocenters. The van der Waals surface area contributed by atoms with E-state index in [9.17, 15) is 0 Å². The Kier molecular flexibility index (Phi) is 2.46. The summed E-state index contributed by atoms with van der Waals surface area (Å²) < 4.78 is 0. The zero-order valence-electron chi connectivity index (χ0n) is 9.17. The van der Waals surface area contributed by atoms with Crippen molar-refractivity contribution in [3.63, 3.8) is 0 Å². The molecule has 0 bridgehead atoms. The van der Waals surface area contributed by atoms with Gasteiger partial charge < -0.3 is 10.2 Å². The number of benzene rings is 1. The lowest BCUT2D eigenvalue weighted by atomic mass is 9.99. The van der Waals surface area contributed by atoms with Crippen molar-refractivity contribution >= 4 is 5.69 Å². The van der Waals surface area contributed by atoms with Crippen molar-refractivity contribution in [2.45, 2.75) is 12.8 Å². The van der Waals surface area contributed by atoms with E-state index < -0.39 is 0 Å². The Morgan fingerprint density at radius 3 is 3.00 bits per heavy atom. The third-order valence-corrected chi connectivity index (χ3v) is 2.98. The predicted molar refractivity (Wildman–Crippen MR) is 61.1 cm³/mol. The third kappa shape index (κ3) is 1.50. The molecular formula is C12H18N2. The van der Waals surface area contributed by atoms with E-state index >= 15 is 0 Å². The van der Waals surface area contributed by atoms with E-state index in [1.807, 2.05) is 7.05 Å². The molecule has 14 heavy (non-hydrogen) atoms. The molecule has 0 saturated carbocycles. The average molecular weight is 190 g/mol. The van der Waals surface area contributed by atoms with Crippen LogP contribution in [0.4, 0.5) is 5.69 Å². The van der Waals surface area contributed by atoms with E-state index in [0.717, 1.165) is 13.1 Å². The average Bonchev–Trinajstić information content (AvgIpc) is 2.44. The molecule has 0 spiro atoms. The Morgan fingerprint density at radius 1 is 1.50 bits per heavy atom. The topological polar surface area (TPSA) is 15.3 Å². The molecule has 2 nitrogen and oxygen atoms in total. The molecule has 1 aliphatic heterocycles. The fourth-order valence-electron chi connectivity index (χ4n) is 2.30. The number of likely N-dealkylation sites (N-methyl/N-ethyl adjacent to an activating group) is 2. The number of aryl methyl sites for hydroxylation is 1. The lowest BCUT2D eigenvalue weighted by Crippen LogP contribution is -2.22. The quantitative estimate of drug-likeness (QED) is 0.764. The number of hydrogen-bond donors (Lipinski definition) is 1. The standard InChI is InChI=1S/C12H18N2/c1-9-4-5-12-11(6-9)10(7-13-2)8-14(12)3/h4-6,10,13H,7-8H2,1-3H3. The number of nitrogens with zero attached hydrogens (tertiary/aromatic N) is 1. The van der Waals surface area contributed by atoms with Gasteiger partial charge in [-0.1, -0.05) is 17.7 Å². The van der Waals surface area contributed by atoms with Gasteiger partial charge in [0.05, 0.1) is 0 Å². The second kappa shape index (κ2) is 3.62. The van der Waals surface area contributed by atoms with Crippen LogP contribution in [0.3, 0.4) is 0 Å². The summed E-state index contributed by atoms with van der Waals surface area (Å²) in [5, 5.41) is 3.26. The molecule has 0 saturated heterocycles. The molecule has 2 rings (SSSR count). The van der Waals surface area contributed by atoms with Gasteiger partial charge >= 0.3 is 0 Å². The Hall–Kier alpha value is -1.02. The van der Waals surface area contributed by atoms with E-state index in [1.54, 1.807) is 0 Å². The molecule has 1 N–H and O–H groups in total. The van der Waals surface area contributed by atoms with Crippen LogP contribution in [0.25, 0.3) is 0 Å². The molecule has 0 aliphatic carbocycles. The molecule has 1 heterocycles. The molecular weight excluding hydrogens is 172 g/mol. The van der Waals surface area contributed by atoms with Gasteiger partial charge in [-0.05, 0) is 25.6 Å². The normalized spacial score (nSPS) is 19.9. The lowest BCUT2D eigenvalue weighted by Gasteiger charge is -2.12. The molecule has 0 aromatic heterocycles. The largest absolute Gasteiger partial charge is 0.374 e. The molecule has 0 fully saturated rings. The highest BCUT2D eigenvalue weighted by Gasteiger charge is 2.25. The van der Waals surface area contributed by atoms with E-state index in [-0.39, 0.29) is 0 Å². The summed E-state index contributed by atoms with van der Waals surface area (Å²) in [5.74, 6) is 0.653. The monoisotopic (exact) mass is 190 g/mol. The minimum absolute atomic E-state index is 0.653. The fraction of sp³-hybridized carbons (Fsp3) is 0.500. The first-order valence-corrected chi connectivity index (χ1v) is 5.18. The molecule has 1 unspecified atom stereocenters. The van der Waals surface area contributed by atoms with Crippen LogP contribution in [0.1, 0.15) is 17.0 Å². The maximum atomic E-state index is 3.26. The molecule has 2 heteroatoms. The van der Waals surface area contributed by atoms with E-state index in [2.05, 4.69) is 42.4 Å². The van der Waals surface area contributed by atoms with Crippen LogP contribution in [-0.4, -0.2) is 27.2 Å². The first-order chi connectivity index (χ1) is 6.72. The van der Waals surface area contributed by atoms with Gasteiger partial charge in [0.1, 0.15) is 0 Å². The van der Waals surface area contributed by atoms with Crippen LogP contribution in [-0.2, 0) is 0 Å². The molecule has 0 amide bonds. The van der Waals surface area contributed by atoms with Crippen molar-refractivity contribution in [2.75, 3.05) is 32.1 Å². The SMILES string of the molecule is CNCC1CN(C)c2ccc(C)cc21. The van der Waals surface area contributed by atoms with Gasteiger partial charge in [0, 0.05) is 31.7 Å². The van der Waals surface area contributed by atoms with Gasteiger partial charge in [-0.25, -0.2) is 0 Å². The summed E-state index contributed by atoms with van der Waals surface area (Å²) in [7, 11) is 4.19. The number of nitrogens with one attached hydrogen (secondary N) is 1. The maximum absolute atomic E-state index is 3.26. The van der Waals surface area contributed by atoms with Crippen molar-refractivity contribution in [3.05, 3.63) is 29.3 Å². The fourth-order valence-corrected chi connectivity index (χ4v) is 2.30. The first kappa shape index (κ1) is 9.53. The maximum Gasteiger partial charge on any atom is 0.0400 e. The van der Waals surface area contributed by atoms with Crippen molar-refractivity contribution < 1.29 is 0 Å². The Morgan fingerprint density at radius 2 is 2.29 bits per heavy atom. The van der Waals surface area contributed by atoms with Gasteiger partial charge in [-0.3, -0.25) is 0 Å². The minimum Gasteiger partial charge on any atom is -0.374 e. The second-order valence-corrected chi connectivity index (χ2v) is 4.20.